The van der Waals surface area contributed by atoms with Gasteiger partial charge in [0.25, 0.3) is 0 Å². The van der Waals surface area contributed by atoms with E-state index in [1.165, 1.54) is 12.3 Å². The van der Waals surface area contributed by atoms with Crippen LogP contribution in [0.15, 0.2) is 31.1 Å². The van der Waals surface area contributed by atoms with Crippen molar-refractivity contribution in [2.24, 2.45) is 0 Å². The third kappa shape index (κ3) is 1.69. The van der Waals surface area contributed by atoms with E-state index in [1.54, 1.807) is 12.3 Å². The zero-order chi connectivity index (χ0) is 8.97. The molecule has 12 heavy (non-hydrogen) atoms. The lowest BCUT2D eigenvalue weighted by molar-refractivity contribution is 0.0695. The lowest BCUT2D eigenvalue weighted by atomic mass is 10.1. The van der Waals surface area contributed by atoms with Gasteiger partial charge in [-0.3, -0.25) is 4.98 Å². The van der Waals surface area contributed by atoms with Gasteiger partial charge in [-0.1, -0.05) is 6.08 Å². The largest absolute Gasteiger partial charge is 0.478 e. The van der Waals surface area contributed by atoms with Crippen molar-refractivity contribution in [3.8, 4) is 0 Å². The van der Waals surface area contributed by atoms with Crippen molar-refractivity contribution in [2.75, 3.05) is 0 Å². The van der Waals surface area contributed by atoms with Crippen molar-refractivity contribution in [1.29, 1.82) is 0 Å². The smallest absolute Gasteiger partial charge is 0.336 e. The first-order valence-electron chi connectivity index (χ1n) is 3.52. The third-order valence-corrected chi connectivity index (χ3v) is 1.50. The Hall–Kier alpha value is -1.64. The highest BCUT2D eigenvalue weighted by Gasteiger charge is 2.06. The molecule has 0 aliphatic heterocycles. The number of aromatic nitrogens is 1. The topological polar surface area (TPSA) is 50.2 Å². The summed E-state index contributed by atoms with van der Waals surface area (Å²) in [6.07, 6.45) is 5.21. The van der Waals surface area contributed by atoms with Crippen molar-refractivity contribution in [3.05, 3.63) is 42.2 Å². The van der Waals surface area contributed by atoms with Gasteiger partial charge in [0, 0.05) is 12.4 Å². The second-order valence-corrected chi connectivity index (χ2v) is 2.33. The molecule has 0 unspecified atom stereocenters. The maximum Gasteiger partial charge on any atom is 0.336 e. The lowest BCUT2D eigenvalue weighted by Crippen LogP contribution is -2.01. The van der Waals surface area contributed by atoms with Crippen LogP contribution in [0.25, 0.3) is 0 Å². The minimum atomic E-state index is -0.922. The van der Waals surface area contributed by atoms with E-state index < -0.39 is 5.97 Å². The summed E-state index contributed by atoms with van der Waals surface area (Å²) < 4.78 is 0. The SMILES string of the molecule is C=CCc1cnccc1C(=O)O. The molecule has 0 atom stereocenters. The molecule has 0 aromatic carbocycles. The number of rotatable bonds is 3. The van der Waals surface area contributed by atoms with Gasteiger partial charge in [-0.05, 0) is 18.1 Å². The summed E-state index contributed by atoms with van der Waals surface area (Å²) in [6, 6.07) is 1.49. The van der Waals surface area contributed by atoms with Crippen LogP contribution in [0.4, 0.5) is 0 Å². The van der Waals surface area contributed by atoms with Crippen LogP contribution in [0.1, 0.15) is 15.9 Å². The fourth-order valence-electron chi connectivity index (χ4n) is 0.954. The molecule has 0 fully saturated rings. The Balaban J connectivity index is 3.07. The Morgan fingerprint density at radius 2 is 2.50 bits per heavy atom. The van der Waals surface area contributed by atoms with Gasteiger partial charge in [0.1, 0.15) is 0 Å². The Bertz CT molecular complexity index is 307. The van der Waals surface area contributed by atoms with Crippen molar-refractivity contribution < 1.29 is 9.90 Å². The summed E-state index contributed by atoms with van der Waals surface area (Å²) in [6.45, 7) is 3.54. The standard InChI is InChI=1S/C9H9NO2/c1-2-3-7-6-10-5-4-8(7)9(11)12/h2,4-6H,1,3H2,(H,11,12). The van der Waals surface area contributed by atoms with Crippen molar-refractivity contribution in [2.45, 2.75) is 6.42 Å². The summed E-state index contributed by atoms with van der Waals surface area (Å²) in [5.74, 6) is -0.922. The highest BCUT2D eigenvalue weighted by Crippen LogP contribution is 2.07. The number of carbonyl (C=O) groups is 1. The van der Waals surface area contributed by atoms with E-state index in [9.17, 15) is 4.79 Å². The van der Waals surface area contributed by atoms with E-state index in [0.717, 1.165) is 0 Å². The molecule has 1 N–H and O–H groups in total. The first-order chi connectivity index (χ1) is 5.75. The summed E-state index contributed by atoms with van der Waals surface area (Å²) in [7, 11) is 0. The molecule has 0 aliphatic rings. The molecule has 1 rings (SSSR count). The molecule has 0 amide bonds. The van der Waals surface area contributed by atoms with Gasteiger partial charge in [0.15, 0.2) is 0 Å². The number of pyridine rings is 1. The summed E-state index contributed by atoms with van der Waals surface area (Å²) in [5, 5.41) is 8.73. The first kappa shape index (κ1) is 8.46. The molecule has 0 bridgehead atoms. The van der Waals surface area contributed by atoms with Crippen LogP contribution in [-0.4, -0.2) is 16.1 Å². The molecule has 0 aliphatic carbocycles. The van der Waals surface area contributed by atoms with E-state index in [0.29, 0.717) is 17.5 Å². The Labute approximate surface area is 70.4 Å². The van der Waals surface area contributed by atoms with Gasteiger partial charge in [-0.25, -0.2) is 4.79 Å². The van der Waals surface area contributed by atoms with Crippen LogP contribution in [0.3, 0.4) is 0 Å². The maximum atomic E-state index is 10.6. The normalized spacial score (nSPS) is 9.33. The molecule has 0 saturated heterocycles. The minimum absolute atomic E-state index is 0.296. The minimum Gasteiger partial charge on any atom is -0.478 e. The van der Waals surface area contributed by atoms with Gasteiger partial charge < -0.3 is 5.11 Å². The van der Waals surface area contributed by atoms with E-state index in [-0.39, 0.29) is 0 Å². The first-order valence-corrected chi connectivity index (χ1v) is 3.52. The van der Waals surface area contributed by atoms with Crippen LogP contribution in [-0.2, 0) is 6.42 Å². The highest BCUT2D eigenvalue weighted by molar-refractivity contribution is 5.89. The number of carboxylic acid groups (broad SMARTS) is 1. The van der Waals surface area contributed by atoms with Gasteiger partial charge >= 0.3 is 5.97 Å². The lowest BCUT2D eigenvalue weighted by Gasteiger charge is -2.00. The average Bonchev–Trinajstić information content (AvgIpc) is 2.05. The fraction of sp³-hybridized carbons (Fsp3) is 0.111. The van der Waals surface area contributed by atoms with Crippen LogP contribution in [0.5, 0.6) is 0 Å². The average molecular weight is 163 g/mol. The fourth-order valence-corrected chi connectivity index (χ4v) is 0.954. The number of carboxylic acids is 1. The van der Waals surface area contributed by atoms with Crippen LogP contribution in [0, 0.1) is 0 Å². The molecule has 3 nitrogen and oxygen atoms in total. The Morgan fingerprint density at radius 3 is 3.08 bits per heavy atom. The van der Waals surface area contributed by atoms with Gasteiger partial charge in [0.05, 0.1) is 5.56 Å². The van der Waals surface area contributed by atoms with Gasteiger partial charge in [0.2, 0.25) is 0 Å². The van der Waals surface area contributed by atoms with Crippen molar-refractivity contribution >= 4 is 5.97 Å². The van der Waals surface area contributed by atoms with Gasteiger partial charge in [-0.15, -0.1) is 6.58 Å². The van der Waals surface area contributed by atoms with Gasteiger partial charge in [-0.2, -0.15) is 0 Å². The van der Waals surface area contributed by atoms with Crippen LogP contribution >= 0.6 is 0 Å². The Kier molecular flexibility index (Phi) is 2.58. The van der Waals surface area contributed by atoms with E-state index >= 15 is 0 Å². The number of allylic oxidation sites excluding steroid dienone is 1. The summed E-state index contributed by atoms with van der Waals surface area (Å²) in [4.78, 5) is 14.5. The maximum absolute atomic E-state index is 10.6. The van der Waals surface area contributed by atoms with Crippen LogP contribution < -0.4 is 0 Å². The van der Waals surface area contributed by atoms with E-state index in [2.05, 4.69) is 11.6 Å². The number of hydrogen-bond donors (Lipinski definition) is 1. The third-order valence-electron chi connectivity index (χ3n) is 1.50. The second-order valence-electron chi connectivity index (χ2n) is 2.33. The molecule has 0 saturated carbocycles. The van der Waals surface area contributed by atoms with Crippen LogP contribution in [0.2, 0.25) is 0 Å². The van der Waals surface area contributed by atoms with E-state index in [1.807, 2.05) is 0 Å². The van der Waals surface area contributed by atoms with Crippen molar-refractivity contribution in [1.82, 2.24) is 4.98 Å². The highest BCUT2D eigenvalue weighted by atomic mass is 16.4. The molecule has 0 radical (unpaired) electrons. The molecular weight excluding hydrogens is 154 g/mol. The summed E-state index contributed by atoms with van der Waals surface area (Å²) >= 11 is 0. The molecular formula is C9H9NO2. The molecule has 1 aromatic rings. The zero-order valence-electron chi connectivity index (χ0n) is 6.53. The number of aromatic carboxylic acids is 1. The quantitative estimate of drug-likeness (QED) is 0.687. The molecule has 0 spiro atoms. The Morgan fingerprint density at radius 1 is 1.75 bits per heavy atom. The molecule has 3 heteroatoms. The monoisotopic (exact) mass is 163 g/mol. The number of hydrogen-bond acceptors (Lipinski definition) is 2. The molecule has 62 valence electrons. The second kappa shape index (κ2) is 3.67. The predicted molar refractivity (Wildman–Crippen MR) is 45.1 cm³/mol. The van der Waals surface area contributed by atoms with Crippen molar-refractivity contribution in [3.63, 3.8) is 0 Å². The molecule has 1 aromatic heterocycles. The summed E-state index contributed by atoms with van der Waals surface area (Å²) in [5.41, 5.74) is 0.991. The van der Waals surface area contributed by atoms with E-state index in [4.69, 9.17) is 5.11 Å². The predicted octanol–water partition coefficient (Wildman–Crippen LogP) is 1.51. The zero-order valence-corrected chi connectivity index (χ0v) is 6.53. The molecule has 1 heterocycles. The number of nitrogens with zero attached hydrogens (tertiary/aromatic N) is 1.